The number of hydrogen-bond acceptors (Lipinski definition) is 6. The van der Waals surface area contributed by atoms with E-state index in [4.69, 9.17) is 19.9 Å². The van der Waals surface area contributed by atoms with Crippen molar-refractivity contribution < 1.29 is 23.4 Å². The van der Waals surface area contributed by atoms with E-state index in [0.717, 1.165) is 18.4 Å². The fourth-order valence-corrected chi connectivity index (χ4v) is 3.75. The van der Waals surface area contributed by atoms with Crippen molar-refractivity contribution in [3.05, 3.63) is 101 Å². The van der Waals surface area contributed by atoms with Gasteiger partial charge in [0.2, 0.25) is 5.88 Å². The Morgan fingerprint density at radius 1 is 1.12 bits per heavy atom. The van der Waals surface area contributed by atoms with Crippen LogP contribution >= 0.6 is 0 Å². The molecule has 0 saturated carbocycles. The number of ether oxygens (including phenoxy) is 3. The normalized spacial score (nSPS) is 14.6. The van der Waals surface area contributed by atoms with E-state index in [1.54, 1.807) is 18.2 Å². The number of carbonyl (C=O) groups excluding carboxylic acids is 1. The molecular formula is C27H23FN2O4. The molecule has 34 heavy (non-hydrogen) atoms. The van der Waals surface area contributed by atoms with Crippen LogP contribution in [0.4, 0.5) is 4.39 Å². The van der Waals surface area contributed by atoms with Gasteiger partial charge in [-0.05, 0) is 42.3 Å². The minimum atomic E-state index is -0.830. The molecule has 0 aromatic heterocycles. The molecule has 0 aliphatic carbocycles. The number of nitriles is 1. The number of rotatable bonds is 7. The van der Waals surface area contributed by atoms with Gasteiger partial charge < -0.3 is 19.9 Å². The molecule has 3 aromatic carbocycles. The number of benzene rings is 3. The van der Waals surface area contributed by atoms with Gasteiger partial charge in [-0.25, -0.2) is 9.18 Å². The first-order valence-corrected chi connectivity index (χ1v) is 10.9. The summed E-state index contributed by atoms with van der Waals surface area (Å²) in [6, 6.07) is 20.0. The lowest BCUT2D eigenvalue weighted by Gasteiger charge is -2.27. The van der Waals surface area contributed by atoms with Gasteiger partial charge in [0.15, 0.2) is 0 Å². The second-order valence-corrected chi connectivity index (χ2v) is 7.77. The first-order valence-electron chi connectivity index (χ1n) is 10.9. The number of fused-ring (bicyclic) bond motifs is 1. The molecule has 1 aliphatic rings. The first kappa shape index (κ1) is 22.9. The van der Waals surface area contributed by atoms with Crippen LogP contribution in [0.15, 0.2) is 78.2 Å². The van der Waals surface area contributed by atoms with Gasteiger partial charge in [-0.15, -0.1) is 0 Å². The summed E-state index contributed by atoms with van der Waals surface area (Å²) in [5, 5.41) is 9.78. The van der Waals surface area contributed by atoms with Crippen molar-refractivity contribution in [1.82, 2.24) is 0 Å². The molecule has 1 heterocycles. The van der Waals surface area contributed by atoms with Crippen LogP contribution in [-0.4, -0.2) is 12.6 Å². The molecular weight excluding hydrogens is 435 g/mol. The van der Waals surface area contributed by atoms with Gasteiger partial charge >= 0.3 is 5.97 Å². The van der Waals surface area contributed by atoms with Crippen LogP contribution in [0.5, 0.6) is 17.2 Å². The summed E-state index contributed by atoms with van der Waals surface area (Å²) in [6.07, 6.45) is 1.96. The molecule has 1 atom stereocenters. The standard InChI is InChI=1S/C27H23FN2O4/c1-2-3-13-32-18-8-6-7-17(14-18)25-21-12-11-19(15-24(21)34-26(30)22(25)16-29)33-27(31)20-9-4-5-10-23(20)28/h4-12,14-15,25H,2-3,13,30H2,1H3. The molecule has 7 heteroatoms. The second-order valence-electron chi connectivity index (χ2n) is 7.77. The van der Waals surface area contributed by atoms with Crippen molar-refractivity contribution in [3.8, 4) is 23.3 Å². The Morgan fingerprint density at radius 2 is 1.94 bits per heavy atom. The van der Waals surface area contributed by atoms with E-state index < -0.39 is 17.7 Å². The molecule has 0 spiro atoms. The molecule has 0 fully saturated rings. The third-order valence-corrected chi connectivity index (χ3v) is 5.45. The van der Waals surface area contributed by atoms with E-state index in [0.29, 0.717) is 23.7 Å². The van der Waals surface area contributed by atoms with E-state index in [1.807, 2.05) is 24.3 Å². The van der Waals surface area contributed by atoms with Gasteiger partial charge in [-0.1, -0.05) is 43.7 Å². The molecule has 3 aromatic rings. The smallest absolute Gasteiger partial charge is 0.346 e. The number of allylic oxidation sites excluding steroid dienone is 1. The average Bonchev–Trinajstić information content (AvgIpc) is 2.83. The van der Waals surface area contributed by atoms with Crippen LogP contribution in [0, 0.1) is 17.1 Å². The Morgan fingerprint density at radius 3 is 2.71 bits per heavy atom. The summed E-state index contributed by atoms with van der Waals surface area (Å²) in [6.45, 7) is 2.69. The van der Waals surface area contributed by atoms with E-state index in [9.17, 15) is 14.4 Å². The van der Waals surface area contributed by atoms with E-state index in [-0.39, 0.29) is 22.8 Å². The maximum Gasteiger partial charge on any atom is 0.346 e. The highest BCUT2D eigenvalue weighted by Gasteiger charge is 2.31. The molecule has 1 aliphatic heterocycles. The number of hydrogen-bond donors (Lipinski definition) is 1. The number of unbranched alkanes of at least 4 members (excludes halogenated alkanes) is 1. The Labute approximate surface area is 197 Å². The molecule has 0 bridgehead atoms. The van der Waals surface area contributed by atoms with Crippen LogP contribution in [0.3, 0.4) is 0 Å². The quantitative estimate of drug-likeness (QED) is 0.288. The van der Waals surface area contributed by atoms with E-state index in [1.165, 1.54) is 24.3 Å². The summed E-state index contributed by atoms with van der Waals surface area (Å²) in [7, 11) is 0. The fourth-order valence-electron chi connectivity index (χ4n) is 3.75. The zero-order chi connectivity index (χ0) is 24.1. The largest absolute Gasteiger partial charge is 0.494 e. The Kier molecular flexibility index (Phi) is 6.79. The van der Waals surface area contributed by atoms with E-state index in [2.05, 4.69) is 13.0 Å². The molecule has 0 amide bonds. The van der Waals surface area contributed by atoms with Crippen molar-refractivity contribution in [2.45, 2.75) is 25.7 Å². The van der Waals surface area contributed by atoms with Gasteiger partial charge in [0.1, 0.15) is 34.7 Å². The van der Waals surface area contributed by atoms with Crippen LogP contribution in [0.1, 0.15) is 47.2 Å². The van der Waals surface area contributed by atoms with E-state index >= 15 is 0 Å². The average molecular weight is 458 g/mol. The highest BCUT2D eigenvalue weighted by Crippen LogP contribution is 2.44. The SMILES string of the molecule is CCCCOc1cccc(C2C(C#N)=C(N)Oc3cc(OC(=O)c4ccccc4F)ccc32)c1. The minimum absolute atomic E-state index is 0.0325. The first-order chi connectivity index (χ1) is 16.5. The molecule has 0 saturated heterocycles. The van der Waals surface area contributed by atoms with Gasteiger partial charge in [0, 0.05) is 11.6 Å². The van der Waals surface area contributed by atoms with Crippen molar-refractivity contribution in [3.63, 3.8) is 0 Å². The van der Waals surface area contributed by atoms with Gasteiger partial charge in [0.25, 0.3) is 0 Å². The third kappa shape index (κ3) is 4.71. The van der Waals surface area contributed by atoms with Gasteiger partial charge in [-0.2, -0.15) is 5.26 Å². The van der Waals surface area contributed by atoms with Crippen molar-refractivity contribution >= 4 is 5.97 Å². The molecule has 0 radical (unpaired) electrons. The maximum atomic E-state index is 13.9. The third-order valence-electron chi connectivity index (χ3n) is 5.45. The summed E-state index contributed by atoms with van der Waals surface area (Å²) < 4.78 is 30.8. The molecule has 4 rings (SSSR count). The number of carbonyl (C=O) groups is 1. The summed E-state index contributed by atoms with van der Waals surface area (Å²) in [5.41, 5.74) is 7.67. The van der Waals surface area contributed by atoms with Gasteiger partial charge in [-0.3, -0.25) is 0 Å². The molecule has 1 unspecified atom stereocenters. The van der Waals surface area contributed by atoms with Crippen LogP contribution in [0.25, 0.3) is 0 Å². The molecule has 6 nitrogen and oxygen atoms in total. The van der Waals surface area contributed by atoms with Gasteiger partial charge in [0.05, 0.1) is 18.1 Å². The summed E-state index contributed by atoms with van der Waals surface area (Å²) in [4.78, 5) is 12.4. The number of nitrogens with zero attached hydrogens (tertiary/aromatic N) is 1. The fraction of sp³-hybridized carbons (Fsp3) is 0.185. The lowest BCUT2D eigenvalue weighted by atomic mass is 9.83. The summed E-state index contributed by atoms with van der Waals surface area (Å²) in [5.74, 6) is -0.814. The maximum absolute atomic E-state index is 13.9. The zero-order valence-corrected chi connectivity index (χ0v) is 18.6. The minimum Gasteiger partial charge on any atom is -0.494 e. The Balaban J connectivity index is 1.66. The van der Waals surface area contributed by atoms with Crippen LogP contribution in [0.2, 0.25) is 0 Å². The van der Waals surface area contributed by atoms with Crippen molar-refractivity contribution in [1.29, 1.82) is 5.26 Å². The zero-order valence-electron chi connectivity index (χ0n) is 18.6. The predicted octanol–water partition coefficient (Wildman–Crippen LogP) is 5.44. The monoisotopic (exact) mass is 458 g/mol. The number of esters is 1. The number of nitrogens with two attached hydrogens (primary N) is 1. The second kappa shape index (κ2) is 10.1. The van der Waals surface area contributed by atoms with Crippen molar-refractivity contribution in [2.75, 3.05) is 6.61 Å². The topological polar surface area (TPSA) is 94.6 Å². The number of halogens is 1. The lowest BCUT2D eigenvalue weighted by Crippen LogP contribution is -2.21. The summed E-state index contributed by atoms with van der Waals surface area (Å²) >= 11 is 0. The van der Waals surface area contributed by atoms with Crippen LogP contribution in [-0.2, 0) is 0 Å². The van der Waals surface area contributed by atoms with Crippen molar-refractivity contribution in [2.24, 2.45) is 5.73 Å². The molecule has 2 N–H and O–H groups in total. The highest BCUT2D eigenvalue weighted by atomic mass is 19.1. The Bertz CT molecular complexity index is 1300. The lowest BCUT2D eigenvalue weighted by molar-refractivity contribution is 0.0729. The van der Waals surface area contributed by atoms with Crippen LogP contribution < -0.4 is 19.9 Å². The molecule has 172 valence electrons. The predicted molar refractivity (Wildman–Crippen MR) is 124 cm³/mol. The Hall–Kier alpha value is -4.31. The highest BCUT2D eigenvalue weighted by molar-refractivity contribution is 5.91.